The molecule has 2 fully saturated rings. The number of hydrogen-bond acceptors (Lipinski definition) is 5. The lowest BCUT2D eigenvalue weighted by Gasteiger charge is -2.28. The third kappa shape index (κ3) is 3.37. The van der Waals surface area contributed by atoms with Crippen molar-refractivity contribution in [2.75, 3.05) is 47.5 Å². The van der Waals surface area contributed by atoms with Crippen LogP contribution >= 0.6 is 11.8 Å². The minimum Gasteiger partial charge on any atom is -0.356 e. The van der Waals surface area contributed by atoms with Gasteiger partial charge in [-0.05, 0) is 25.2 Å². The highest BCUT2D eigenvalue weighted by molar-refractivity contribution is 7.99. The molecular formula is C15H24N4S. The molecule has 5 heteroatoms. The van der Waals surface area contributed by atoms with Crippen LogP contribution in [-0.4, -0.2) is 47.7 Å². The summed E-state index contributed by atoms with van der Waals surface area (Å²) in [5.74, 6) is 5.48. The third-order valence-corrected chi connectivity index (χ3v) is 5.26. The molecule has 0 aromatic carbocycles. The van der Waals surface area contributed by atoms with Crippen LogP contribution in [0.1, 0.15) is 26.2 Å². The van der Waals surface area contributed by atoms with Gasteiger partial charge in [0.05, 0.1) is 0 Å². The smallest absolute Gasteiger partial charge is 0.134 e. The van der Waals surface area contributed by atoms with Gasteiger partial charge in [0.15, 0.2) is 0 Å². The Morgan fingerprint density at radius 1 is 1.00 bits per heavy atom. The Labute approximate surface area is 126 Å². The number of anilines is 2. The fraction of sp³-hybridized carbons (Fsp3) is 0.733. The van der Waals surface area contributed by atoms with Gasteiger partial charge < -0.3 is 9.80 Å². The van der Waals surface area contributed by atoms with Crippen molar-refractivity contribution in [3.8, 4) is 0 Å². The summed E-state index contributed by atoms with van der Waals surface area (Å²) in [5.41, 5.74) is 0. The second-order valence-electron chi connectivity index (χ2n) is 5.86. The van der Waals surface area contributed by atoms with Gasteiger partial charge in [0.25, 0.3) is 0 Å². The highest BCUT2D eigenvalue weighted by atomic mass is 32.2. The lowest BCUT2D eigenvalue weighted by molar-refractivity contribution is 0.521. The van der Waals surface area contributed by atoms with Gasteiger partial charge in [0.2, 0.25) is 0 Å². The van der Waals surface area contributed by atoms with Crippen LogP contribution in [0.3, 0.4) is 0 Å². The summed E-state index contributed by atoms with van der Waals surface area (Å²) in [6, 6.07) is 2.19. The fourth-order valence-corrected chi connectivity index (χ4v) is 3.87. The largest absolute Gasteiger partial charge is 0.356 e. The number of thioether (sulfide) groups is 1. The van der Waals surface area contributed by atoms with E-state index >= 15 is 0 Å². The summed E-state index contributed by atoms with van der Waals surface area (Å²) in [7, 11) is 0. The summed E-state index contributed by atoms with van der Waals surface area (Å²) in [6.45, 7) is 6.85. The van der Waals surface area contributed by atoms with Crippen molar-refractivity contribution in [3.63, 3.8) is 0 Å². The Bertz CT molecular complexity index is 434. The first-order chi connectivity index (χ1) is 9.83. The third-order valence-electron chi connectivity index (χ3n) is 4.31. The van der Waals surface area contributed by atoms with Crippen molar-refractivity contribution in [1.82, 2.24) is 9.97 Å². The van der Waals surface area contributed by atoms with Crippen molar-refractivity contribution in [2.24, 2.45) is 5.92 Å². The van der Waals surface area contributed by atoms with E-state index < -0.39 is 0 Å². The average Bonchev–Trinajstić information content (AvgIpc) is 2.73. The average molecular weight is 292 g/mol. The SMILES string of the molecule is CC1CCCN(c2cc(N3CCSCC3)ncn2)CC1. The van der Waals surface area contributed by atoms with E-state index in [-0.39, 0.29) is 0 Å². The Balaban J connectivity index is 1.72. The van der Waals surface area contributed by atoms with Crippen LogP contribution < -0.4 is 9.80 Å². The number of rotatable bonds is 2. The molecule has 110 valence electrons. The van der Waals surface area contributed by atoms with Crippen LogP contribution in [0.25, 0.3) is 0 Å². The van der Waals surface area contributed by atoms with Crippen LogP contribution in [-0.2, 0) is 0 Å². The summed E-state index contributed by atoms with van der Waals surface area (Å²) >= 11 is 2.03. The fourth-order valence-electron chi connectivity index (χ4n) is 2.97. The first-order valence-electron chi connectivity index (χ1n) is 7.72. The lowest BCUT2D eigenvalue weighted by Crippen LogP contribution is -2.33. The van der Waals surface area contributed by atoms with Gasteiger partial charge in [-0.15, -0.1) is 0 Å². The molecule has 2 aliphatic rings. The molecule has 1 aromatic heterocycles. The van der Waals surface area contributed by atoms with Crippen molar-refractivity contribution >= 4 is 23.4 Å². The molecule has 1 aromatic rings. The molecule has 20 heavy (non-hydrogen) atoms. The van der Waals surface area contributed by atoms with Gasteiger partial charge in [-0.2, -0.15) is 11.8 Å². The molecule has 0 saturated carbocycles. The molecule has 2 saturated heterocycles. The summed E-state index contributed by atoms with van der Waals surface area (Å²) in [4.78, 5) is 13.8. The van der Waals surface area contributed by atoms with E-state index in [2.05, 4.69) is 32.8 Å². The number of nitrogens with zero attached hydrogens (tertiary/aromatic N) is 4. The predicted molar refractivity (Wildman–Crippen MR) is 86.8 cm³/mol. The maximum atomic E-state index is 4.51. The zero-order valence-corrected chi connectivity index (χ0v) is 13.1. The molecule has 4 nitrogen and oxygen atoms in total. The molecule has 3 heterocycles. The minimum atomic E-state index is 0.848. The van der Waals surface area contributed by atoms with Gasteiger partial charge in [-0.3, -0.25) is 0 Å². The highest BCUT2D eigenvalue weighted by Gasteiger charge is 2.17. The number of aromatic nitrogens is 2. The predicted octanol–water partition coefficient (Wildman–Crippen LogP) is 2.66. The molecule has 0 aliphatic carbocycles. The second-order valence-corrected chi connectivity index (χ2v) is 7.08. The Morgan fingerprint density at radius 2 is 1.70 bits per heavy atom. The van der Waals surface area contributed by atoms with Crippen LogP contribution in [0.4, 0.5) is 11.6 Å². The Morgan fingerprint density at radius 3 is 2.45 bits per heavy atom. The summed E-state index contributed by atoms with van der Waals surface area (Å²) in [6.07, 6.45) is 5.64. The monoisotopic (exact) mass is 292 g/mol. The molecule has 0 spiro atoms. The molecule has 0 bridgehead atoms. The van der Waals surface area contributed by atoms with E-state index in [9.17, 15) is 0 Å². The molecule has 0 N–H and O–H groups in total. The summed E-state index contributed by atoms with van der Waals surface area (Å²) in [5, 5.41) is 0. The molecule has 0 amide bonds. The molecule has 0 radical (unpaired) electrons. The quantitative estimate of drug-likeness (QED) is 0.837. The molecule has 2 aliphatic heterocycles. The molecular weight excluding hydrogens is 268 g/mol. The zero-order valence-electron chi connectivity index (χ0n) is 12.3. The highest BCUT2D eigenvalue weighted by Crippen LogP contribution is 2.24. The molecule has 1 unspecified atom stereocenters. The van der Waals surface area contributed by atoms with Crippen molar-refractivity contribution in [3.05, 3.63) is 12.4 Å². The van der Waals surface area contributed by atoms with Crippen LogP contribution in [0.5, 0.6) is 0 Å². The Hall–Kier alpha value is -0.970. The van der Waals surface area contributed by atoms with Crippen molar-refractivity contribution in [2.45, 2.75) is 26.2 Å². The zero-order chi connectivity index (χ0) is 13.8. The maximum absolute atomic E-state index is 4.51. The lowest BCUT2D eigenvalue weighted by atomic mass is 10.0. The first kappa shape index (κ1) is 14.0. The molecule has 1 atom stereocenters. The Kier molecular flexibility index (Phi) is 4.65. The van der Waals surface area contributed by atoms with Crippen molar-refractivity contribution < 1.29 is 0 Å². The standard InChI is InChI=1S/C15H24N4S/c1-13-3-2-5-18(6-4-13)14-11-15(17-12-16-14)19-7-9-20-10-8-19/h11-13H,2-10H2,1H3. The van der Waals surface area contributed by atoms with Crippen LogP contribution in [0.2, 0.25) is 0 Å². The molecule has 3 rings (SSSR count). The van der Waals surface area contributed by atoms with Gasteiger partial charge >= 0.3 is 0 Å². The van der Waals surface area contributed by atoms with Crippen LogP contribution in [0, 0.1) is 5.92 Å². The normalized spacial score (nSPS) is 24.6. The summed E-state index contributed by atoms with van der Waals surface area (Å²) < 4.78 is 0. The van der Waals surface area contributed by atoms with E-state index in [0.29, 0.717) is 0 Å². The van der Waals surface area contributed by atoms with E-state index in [1.54, 1.807) is 6.33 Å². The van der Waals surface area contributed by atoms with Crippen molar-refractivity contribution in [1.29, 1.82) is 0 Å². The van der Waals surface area contributed by atoms with Gasteiger partial charge in [0, 0.05) is 43.8 Å². The van der Waals surface area contributed by atoms with E-state index in [0.717, 1.165) is 43.7 Å². The topological polar surface area (TPSA) is 32.3 Å². The van der Waals surface area contributed by atoms with Gasteiger partial charge in [-0.25, -0.2) is 9.97 Å². The van der Waals surface area contributed by atoms with Gasteiger partial charge in [-0.1, -0.05) is 6.92 Å². The van der Waals surface area contributed by atoms with Crippen LogP contribution in [0.15, 0.2) is 12.4 Å². The van der Waals surface area contributed by atoms with E-state index in [1.165, 1.54) is 30.8 Å². The number of hydrogen-bond donors (Lipinski definition) is 0. The maximum Gasteiger partial charge on any atom is 0.134 e. The minimum absolute atomic E-state index is 0.848. The first-order valence-corrected chi connectivity index (χ1v) is 8.88. The van der Waals surface area contributed by atoms with E-state index in [4.69, 9.17) is 0 Å². The van der Waals surface area contributed by atoms with E-state index in [1.807, 2.05) is 11.8 Å². The second kappa shape index (κ2) is 6.66. The van der Waals surface area contributed by atoms with Gasteiger partial charge in [0.1, 0.15) is 18.0 Å².